The van der Waals surface area contributed by atoms with E-state index < -0.39 is 18.1 Å². The van der Waals surface area contributed by atoms with E-state index in [9.17, 15) is 0 Å². The highest BCUT2D eigenvalue weighted by molar-refractivity contribution is 5.89. The Morgan fingerprint density at radius 1 is 1.20 bits per heavy atom. The van der Waals surface area contributed by atoms with Crippen molar-refractivity contribution >= 4 is 28.3 Å². The van der Waals surface area contributed by atoms with E-state index in [2.05, 4.69) is 20.2 Å². The fraction of sp³-hybridized carbons (Fsp3) is 0.280. The molecule has 1 saturated heterocycles. The predicted octanol–water partition coefficient (Wildman–Crippen LogP) is 4.34. The van der Waals surface area contributed by atoms with Crippen molar-refractivity contribution in [2.75, 3.05) is 25.2 Å². The Balaban J connectivity index is 1.40. The number of hydrogen-bond acceptors (Lipinski definition) is 8. The fourth-order valence-corrected chi connectivity index (χ4v) is 4.58. The van der Waals surface area contributed by atoms with E-state index in [1.807, 2.05) is 40.7 Å². The normalized spacial score (nSPS) is 18.5. The van der Waals surface area contributed by atoms with Crippen LogP contribution in [0.15, 0.2) is 59.4 Å². The van der Waals surface area contributed by atoms with Gasteiger partial charge in [0.2, 0.25) is 0 Å². The molecule has 0 spiro atoms. The Morgan fingerprint density at radius 3 is 2.91 bits per heavy atom. The number of methoxy groups -OCH3 is 1. The van der Waals surface area contributed by atoms with Gasteiger partial charge in [-0.15, -0.1) is 5.10 Å². The maximum absolute atomic E-state index is 15.2. The summed E-state index contributed by atoms with van der Waals surface area (Å²) in [4.78, 5) is 11.0. The van der Waals surface area contributed by atoms with Crippen molar-refractivity contribution in [2.45, 2.75) is 25.8 Å². The third-order valence-corrected chi connectivity index (χ3v) is 6.32. The van der Waals surface area contributed by atoms with Crippen LogP contribution in [0.5, 0.6) is 0 Å². The lowest BCUT2D eigenvalue weighted by Crippen LogP contribution is -2.48. The zero-order chi connectivity index (χ0) is 23.9. The summed E-state index contributed by atoms with van der Waals surface area (Å²) in [5, 5.41) is 8.37. The second kappa shape index (κ2) is 8.71. The zero-order valence-corrected chi connectivity index (χ0v) is 19.3. The first-order valence-electron chi connectivity index (χ1n) is 11.4. The second-order valence-electron chi connectivity index (χ2n) is 8.27. The van der Waals surface area contributed by atoms with Crippen molar-refractivity contribution in [3.8, 4) is 11.1 Å². The molecule has 3 aromatic heterocycles. The number of rotatable bonds is 5. The first-order valence-corrected chi connectivity index (χ1v) is 11.4. The molecule has 10 heteroatoms. The molecule has 2 aromatic carbocycles. The summed E-state index contributed by atoms with van der Waals surface area (Å²) in [7, 11) is 1.57. The summed E-state index contributed by atoms with van der Waals surface area (Å²) in [5.41, 5.74) is 4.71. The van der Waals surface area contributed by atoms with Gasteiger partial charge in [0.05, 0.1) is 19.1 Å². The van der Waals surface area contributed by atoms with Crippen LogP contribution >= 0.6 is 0 Å². The molecule has 6 rings (SSSR count). The van der Waals surface area contributed by atoms with Gasteiger partial charge in [-0.1, -0.05) is 18.2 Å². The first-order chi connectivity index (χ1) is 17.2. The summed E-state index contributed by atoms with van der Waals surface area (Å²) in [6.07, 6.45) is 2.03. The van der Waals surface area contributed by atoms with Crippen molar-refractivity contribution in [2.24, 2.45) is 0 Å². The van der Waals surface area contributed by atoms with Gasteiger partial charge >= 0.3 is 6.01 Å². The molecule has 178 valence electrons. The molecule has 0 saturated carbocycles. The highest BCUT2D eigenvalue weighted by atomic mass is 19.1. The first kappa shape index (κ1) is 21.6. The van der Waals surface area contributed by atoms with Gasteiger partial charge in [0, 0.05) is 31.3 Å². The molecule has 0 N–H and O–H groups in total. The van der Waals surface area contributed by atoms with Crippen LogP contribution in [0, 0.1) is 5.82 Å². The summed E-state index contributed by atoms with van der Waals surface area (Å²) >= 11 is 0. The molecule has 35 heavy (non-hydrogen) atoms. The molecule has 4 heterocycles. The molecule has 0 aliphatic carbocycles. The minimum absolute atomic E-state index is 0.356. The second-order valence-corrected chi connectivity index (χ2v) is 8.27. The van der Waals surface area contributed by atoms with Gasteiger partial charge in [-0.2, -0.15) is 10.1 Å². The van der Waals surface area contributed by atoms with E-state index in [0.717, 1.165) is 23.2 Å². The van der Waals surface area contributed by atoms with E-state index in [-0.39, 0.29) is 0 Å². The Kier molecular flexibility index (Phi) is 5.39. The summed E-state index contributed by atoms with van der Waals surface area (Å²) in [5.74, 6) is -0.391. The largest absolute Gasteiger partial charge is 0.423 e. The van der Waals surface area contributed by atoms with Crippen molar-refractivity contribution in [1.82, 2.24) is 24.7 Å². The molecule has 1 aliphatic rings. The number of fused-ring (bicyclic) bond motifs is 2. The molecule has 1 fully saturated rings. The van der Waals surface area contributed by atoms with Gasteiger partial charge in [-0.25, -0.2) is 9.37 Å². The van der Waals surface area contributed by atoms with Crippen LogP contribution in [0.3, 0.4) is 0 Å². The summed E-state index contributed by atoms with van der Waals surface area (Å²) in [6.45, 7) is 3.58. The lowest BCUT2D eigenvalue weighted by Gasteiger charge is -2.39. The number of aromatic nitrogens is 5. The molecule has 9 nitrogen and oxygen atoms in total. The maximum Gasteiger partial charge on any atom is 0.300 e. The van der Waals surface area contributed by atoms with Crippen LogP contribution in [-0.4, -0.2) is 51.2 Å². The summed E-state index contributed by atoms with van der Waals surface area (Å²) < 4.78 is 34.9. The molecule has 1 aliphatic heterocycles. The van der Waals surface area contributed by atoms with Crippen LogP contribution in [0.2, 0.25) is 0 Å². The van der Waals surface area contributed by atoms with E-state index in [4.69, 9.17) is 13.9 Å². The van der Waals surface area contributed by atoms with Gasteiger partial charge in [-0.05, 0) is 36.8 Å². The zero-order valence-electron chi connectivity index (χ0n) is 19.3. The fourth-order valence-electron chi connectivity index (χ4n) is 4.58. The third-order valence-electron chi connectivity index (χ3n) is 6.32. The van der Waals surface area contributed by atoms with E-state index >= 15 is 4.39 Å². The van der Waals surface area contributed by atoms with Gasteiger partial charge in [0.25, 0.3) is 0 Å². The molecular weight excluding hydrogens is 451 g/mol. The van der Waals surface area contributed by atoms with E-state index in [0.29, 0.717) is 41.5 Å². The van der Waals surface area contributed by atoms with Gasteiger partial charge < -0.3 is 18.5 Å². The number of aryl methyl sites for hydroxylation is 1. The number of oxazole rings is 1. The number of imidazole rings is 1. The number of morpholine rings is 1. The Bertz CT molecular complexity index is 1480. The molecular formula is C25H23FN6O3. The van der Waals surface area contributed by atoms with Crippen LogP contribution < -0.4 is 4.90 Å². The van der Waals surface area contributed by atoms with Crippen LogP contribution in [0.1, 0.15) is 18.6 Å². The number of nitrogens with zero attached hydrogens (tertiary/aromatic N) is 6. The smallest absolute Gasteiger partial charge is 0.300 e. The quantitative estimate of drug-likeness (QED) is 0.371. The number of anilines is 1. The molecule has 2 atom stereocenters. The maximum atomic E-state index is 15.2. The topological polar surface area (TPSA) is 91.3 Å². The minimum Gasteiger partial charge on any atom is -0.423 e. The van der Waals surface area contributed by atoms with Gasteiger partial charge in [-0.3, -0.25) is 4.90 Å². The van der Waals surface area contributed by atoms with Gasteiger partial charge in [0.15, 0.2) is 17.5 Å². The van der Waals surface area contributed by atoms with Gasteiger partial charge in [0.1, 0.15) is 23.0 Å². The standard InChI is InChI=1S/C25H23FN6O3/c1-3-31-14-27-21-17(13-28-30-23(21)31)15-8-9-18(26)16(12-15)22-24(33-2)32(10-11-34-22)25-29-19-6-4-5-7-20(19)35-25/h4-9,12-14,22,24H,3,10-11H2,1-2H3. The number of ether oxygens (including phenoxy) is 2. The van der Waals surface area contributed by atoms with Crippen molar-refractivity contribution in [3.63, 3.8) is 0 Å². The van der Waals surface area contributed by atoms with Crippen molar-refractivity contribution in [3.05, 3.63) is 66.4 Å². The van der Waals surface area contributed by atoms with E-state index in [1.54, 1.807) is 31.8 Å². The number of benzene rings is 2. The van der Waals surface area contributed by atoms with Crippen molar-refractivity contribution in [1.29, 1.82) is 0 Å². The molecule has 2 unspecified atom stereocenters. The lowest BCUT2D eigenvalue weighted by atomic mass is 9.99. The molecule has 0 bridgehead atoms. The van der Waals surface area contributed by atoms with Crippen LogP contribution in [0.25, 0.3) is 33.4 Å². The number of halogens is 1. The number of para-hydroxylation sites is 2. The average Bonchev–Trinajstić information content (AvgIpc) is 3.52. The third kappa shape index (κ3) is 3.62. The Labute approximate surface area is 200 Å². The molecule has 5 aromatic rings. The van der Waals surface area contributed by atoms with E-state index in [1.165, 1.54) is 6.07 Å². The highest BCUT2D eigenvalue weighted by Crippen LogP contribution is 2.37. The minimum atomic E-state index is -0.706. The SMILES string of the molecule is CCn1cnc2c(-c3ccc(F)c(C4OCCN(c5nc6ccccc6o5)C4OC)c3)cnnc21. The molecule has 0 amide bonds. The highest BCUT2D eigenvalue weighted by Gasteiger charge is 2.37. The molecule has 0 radical (unpaired) electrons. The van der Waals surface area contributed by atoms with Crippen LogP contribution in [-0.2, 0) is 16.0 Å². The summed E-state index contributed by atoms with van der Waals surface area (Å²) in [6, 6.07) is 12.9. The lowest BCUT2D eigenvalue weighted by molar-refractivity contribution is -0.0866. The van der Waals surface area contributed by atoms with Crippen molar-refractivity contribution < 1.29 is 18.3 Å². The Morgan fingerprint density at radius 2 is 2.09 bits per heavy atom. The average molecular weight is 474 g/mol. The predicted molar refractivity (Wildman–Crippen MR) is 127 cm³/mol. The number of hydrogen-bond donors (Lipinski definition) is 0. The monoisotopic (exact) mass is 474 g/mol. The van der Waals surface area contributed by atoms with Crippen LogP contribution in [0.4, 0.5) is 10.4 Å². The Hall–Kier alpha value is -3.89.